The molecule has 0 aliphatic rings. The first-order valence-electron chi connectivity index (χ1n) is 8.46. The van der Waals surface area contributed by atoms with Gasteiger partial charge in [-0.25, -0.2) is 10.1 Å². The summed E-state index contributed by atoms with van der Waals surface area (Å²) >= 11 is 2.77. The van der Waals surface area contributed by atoms with Crippen molar-refractivity contribution >= 4 is 40.5 Å². The molecular formula is C18H20N6O3S2. The predicted molar refractivity (Wildman–Crippen MR) is 115 cm³/mol. The third kappa shape index (κ3) is 4.87. The number of benzene rings is 1. The van der Waals surface area contributed by atoms with Gasteiger partial charge in [0.2, 0.25) is 5.16 Å². The molecule has 11 heteroatoms. The molecule has 9 nitrogen and oxygen atoms in total. The van der Waals surface area contributed by atoms with Gasteiger partial charge in [-0.15, -0.1) is 21.5 Å². The van der Waals surface area contributed by atoms with Gasteiger partial charge in [-0.05, 0) is 36.6 Å². The Bertz CT molecular complexity index is 1020. The molecule has 2 heterocycles. The van der Waals surface area contributed by atoms with E-state index < -0.39 is 0 Å². The van der Waals surface area contributed by atoms with Crippen molar-refractivity contribution in [3.63, 3.8) is 0 Å². The van der Waals surface area contributed by atoms with E-state index in [0.717, 1.165) is 10.6 Å². The van der Waals surface area contributed by atoms with E-state index in [2.05, 4.69) is 20.7 Å². The number of Topliss-reactive ketones (excluding diaryl/α,β-unsaturated/α-hetero) is 1. The first kappa shape index (κ1) is 20.7. The highest BCUT2D eigenvalue weighted by molar-refractivity contribution is 7.99. The average molecular weight is 433 g/mol. The molecular weight excluding hydrogens is 412 g/mol. The number of carbonyl (C=O) groups is 1. The van der Waals surface area contributed by atoms with Gasteiger partial charge in [0.25, 0.3) is 5.95 Å². The Hall–Kier alpha value is -3.05. The number of carbonyl (C=O) groups excluding carboxylic acids is 1. The van der Waals surface area contributed by atoms with Crippen LogP contribution in [0.4, 0.5) is 5.95 Å². The van der Waals surface area contributed by atoms with Crippen LogP contribution in [0, 0.1) is 0 Å². The molecule has 3 rings (SSSR count). The Labute approximate surface area is 175 Å². The van der Waals surface area contributed by atoms with Crippen LogP contribution in [0.15, 0.2) is 46.0 Å². The van der Waals surface area contributed by atoms with Crippen molar-refractivity contribution in [1.29, 1.82) is 0 Å². The number of anilines is 1. The van der Waals surface area contributed by atoms with Crippen LogP contribution in [-0.2, 0) is 0 Å². The maximum Gasteiger partial charge on any atom is 0.264 e. The van der Waals surface area contributed by atoms with Crippen molar-refractivity contribution in [3.8, 4) is 11.5 Å². The van der Waals surface area contributed by atoms with E-state index in [4.69, 9.17) is 15.3 Å². The van der Waals surface area contributed by atoms with Gasteiger partial charge < -0.3 is 15.3 Å². The van der Waals surface area contributed by atoms with Gasteiger partial charge in [-0.1, -0.05) is 17.8 Å². The maximum atomic E-state index is 12.5. The van der Waals surface area contributed by atoms with Crippen LogP contribution in [0.1, 0.15) is 22.2 Å². The molecule has 0 spiro atoms. The lowest BCUT2D eigenvalue weighted by atomic mass is 10.1. The first-order valence-corrected chi connectivity index (χ1v) is 10.3. The van der Waals surface area contributed by atoms with Gasteiger partial charge in [-0.3, -0.25) is 4.79 Å². The number of thiophene rings is 1. The number of hydrazone groups is 1. The zero-order valence-corrected chi connectivity index (χ0v) is 17.7. The minimum Gasteiger partial charge on any atom is -0.493 e. The SMILES string of the molecule is COc1ccc(C(=O)CSc2nnc(N/N=C(\C)c3cccs3)n2N)cc1OC. The van der Waals surface area contributed by atoms with Crippen LogP contribution in [0.25, 0.3) is 0 Å². The summed E-state index contributed by atoms with van der Waals surface area (Å²) in [5.74, 6) is 7.39. The molecule has 0 fully saturated rings. The fourth-order valence-corrected chi connectivity index (χ4v) is 3.78. The first-order chi connectivity index (χ1) is 14.0. The number of rotatable bonds is 9. The second-order valence-electron chi connectivity index (χ2n) is 5.74. The van der Waals surface area contributed by atoms with Gasteiger partial charge in [0.15, 0.2) is 17.3 Å². The zero-order valence-electron chi connectivity index (χ0n) is 16.1. The lowest BCUT2D eigenvalue weighted by Gasteiger charge is -2.09. The Balaban J connectivity index is 1.63. The van der Waals surface area contributed by atoms with Crippen molar-refractivity contribution in [2.75, 3.05) is 31.2 Å². The summed E-state index contributed by atoms with van der Waals surface area (Å²) in [5, 5.41) is 14.6. The molecule has 0 atom stereocenters. The Morgan fingerprint density at radius 1 is 1.28 bits per heavy atom. The third-order valence-electron chi connectivity index (χ3n) is 3.90. The van der Waals surface area contributed by atoms with Crippen molar-refractivity contribution in [1.82, 2.24) is 14.9 Å². The van der Waals surface area contributed by atoms with E-state index in [1.165, 1.54) is 23.5 Å². The molecule has 2 aromatic heterocycles. The Morgan fingerprint density at radius 3 is 2.76 bits per heavy atom. The predicted octanol–water partition coefficient (Wildman–Crippen LogP) is 2.88. The van der Waals surface area contributed by atoms with Gasteiger partial charge in [0.1, 0.15) is 0 Å². The number of hydrogen-bond donors (Lipinski definition) is 2. The monoisotopic (exact) mass is 432 g/mol. The summed E-state index contributed by atoms with van der Waals surface area (Å²) in [6, 6.07) is 8.95. The fourth-order valence-electron chi connectivity index (χ4n) is 2.35. The van der Waals surface area contributed by atoms with Crippen LogP contribution < -0.4 is 20.7 Å². The number of ether oxygens (including phenoxy) is 2. The number of hydrogen-bond acceptors (Lipinski definition) is 10. The van der Waals surface area contributed by atoms with Gasteiger partial charge in [-0.2, -0.15) is 5.10 Å². The number of ketones is 1. The van der Waals surface area contributed by atoms with Crippen LogP contribution in [-0.4, -0.2) is 46.3 Å². The number of nitrogen functional groups attached to an aromatic ring is 1. The minimum absolute atomic E-state index is 0.0972. The molecule has 0 saturated carbocycles. The van der Waals surface area contributed by atoms with Gasteiger partial charge in [0.05, 0.1) is 25.7 Å². The van der Waals surface area contributed by atoms with E-state index in [1.54, 1.807) is 36.6 Å². The summed E-state index contributed by atoms with van der Waals surface area (Å²) in [6.07, 6.45) is 0. The molecule has 152 valence electrons. The molecule has 3 aromatic rings. The molecule has 0 bridgehead atoms. The molecule has 29 heavy (non-hydrogen) atoms. The summed E-state index contributed by atoms with van der Waals surface area (Å²) in [7, 11) is 3.07. The van der Waals surface area contributed by atoms with Gasteiger partial charge >= 0.3 is 0 Å². The molecule has 1 aromatic carbocycles. The zero-order chi connectivity index (χ0) is 20.8. The minimum atomic E-state index is -0.0972. The normalized spacial score (nSPS) is 11.3. The molecule has 0 aliphatic carbocycles. The quantitative estimate of drug-likeness (QED) is 0.174. The molecule has 0 unspecified atom stereocenters. The van der Waals surface area contributed by atoms with E-state index in [9.17, 15) is 4.79 Å². The number of nitrogens with two attached hydrogens (primary N) is 1. The number of nitrogens with zero attached hydrogens (tertiary/aromatic N) is 4. The van der Waals surface area contributed by atoms with Crippen molar-refractivity contribution in [2.24, 2.45) is 5.10 Å². The lowest BCUT2D eigenvalue weighted by molar-refractivity contribution is 0.102. The number of aromatic nitrogens is 3. The van der Waals surface area contributed by atoms with E-state index in [1.807, 2.05) is 24.4 Å². The highest BCUT2D eigenvalue weighted by atomic mass is 32.2. The second-order valence-corrected chi connectivity index (χ2v) is 7.63. The summed E-state index contributed by atoms with van der Waals surface area (Å²) < 4.78 is 11.7. The second kappa shape index (κ2) is 9.43. The molecule has 0 radical (unpaired) electrons. The molecule has 0 saturated heterocycles. The van der Waals surface area contributed by atoms with Gasteiger partial charge in [0, 0.05) is 10.4 Å². The molecule has 3 N–H and O–H groups in total. The lowest BCUT2D eigenvalue weighted by Crippen LogP contribution is -2.14. The number of nitrogens with one attached hydrogen (secondary N) is 1. The van der Waals surface area contributed by atoms with Crippen LogP contribution >= 0.6 is 23.1 Å². The largest absolute Gasteiger partial charge is 0.493 e. The van der Waals surface area contributed by atoms with E-state index in [-0.39, 0.29) is 17.5 Å². The number of methoxy groups -OCH3 is 2. The highest BCUT2D eigenvalue weighted by Gasteiger charge is 2.15. The van der Waals surface area contributed by atoms with Crippen molar-refractivity contribution in [2.45, 2.75) is 12.1 Å². The third-order valence-corrected chi connectivity index (χ3v) is 5.83. The van der Waals surface area contributed by atoms with Crippen LogP contribution in [0.5, 0.6) is 11.5 Å². The summed E-state index contributed by atoms with van der Waals surface area (Å²) in [5.41, 5.74) is 4.11. The fraction of sp³-hybridized carbons (Fsp3) is 0.222. The Morgan fingerprint density at radius 2 is 2.07 bits per heavy atom. The highest BCUT2D eigenvalue weighted by Crippen LogP contribution is 2.28. The van der Waals surface area contributed by atoms with Crippen molar-refractivity contribution < 1.29 is 14.3 Å². The number of thioether (sulfide) groups is 1. The van der Waals surface area contributed by atoms with Crippen molar-refractivity contribution in [3.05, 3.63) is 46.2 Å². The Kier molecular flexibility index (Phi) is 6.73. The van der Waals surface area contributed by atoms with Crippen LogP contribution in [0.2, 0.25) is 0 Å². The van der Waals surface area contributed by atoms with E-state index >= 15 is 0 Å². The molecule has 0 amide bonds. The smallest absolute Gasteiger partial charge is 0.264 e. The van der Waals surface area contributed by atoms with E-state index in [0.29, 0.717) is 22.2 Å². The summed E-state index contributed by atoms with van der Waals surface area (Å²) in [6.45, 7) is 1.88. The topological polar surface area (TPSA) is 117 Å². The molecule has 0 aliphatic heterocycles. The van der Waals surface area contributed by atoms with Crippen LogP contribution in [0.3, 0.4) is 0 Å². The summed E-state index contributed by atoms with van der Waals surface area (Å²) in [4.78, 5) is 13.5. The average Bonchev–Trinajstić information content (AvgIpc) is 3.40. The maximum absolute atomic E-state index is 12.5. The standard InChI is InChI=1S/C18H20N6O3S2/c1-11(16-5-4-8-28-16)20-21-17-22-23-18(24(17)19)29-10-13(25)12-6-7-14(26-2)15(9-12)27-3/h4-9H,10,19H2,1-3H3,(H,21,22)/b20-11+.